The molecule has 0 amide bonds. The van der Waals surface area contributed by atoms with Gasteiger partial charge in [-0.05, 0) is 18.1 Å². The van der Waals surface area contributed by atoms with Crippen molar-refractivity contribution in [2.24, 2.45) is 5.92 Å². The normalized spacial score (nSPS) is 27.6. The van der Waals surface area contributed by atoms with E-state index in [9.17, 15) is 9.59 Å². The summed E-state index contributed by atoms with van der Waals surface area (Å²) in [6, 6.07) is 19.9. The van der Waals surface area contributed by atoms with Gasteiger partial charge in [0.05, 0.1) is 26.4 Å². The number of aromatic nitrogens is 2. The molecular weight excluding hydrogens is 460 g/mol. The van der Waals surface area contributed by atoms with Gasteiger partial charge in [-0.3, -0.25) is 14.3 Å². The van der Waals surface area contributed by atoms with Crippen molar-refractivity contribution >= 4 is 0 Å². The number of aromatic amines is 1. The molecule has 0 radical (unpaired) electrons. The van der Waals surface area contributed by atoms with E-state index in [1.165, 1.54) is 4.57 Å². The second kappa shape index (κ2) is 10.1. The number of ether oxygens (including phenoxy) is 4. The van der Waals surface area contributed by atoms with Crippen molar-refractivity contribution in [2.75, 3.05) is 19.8 Å². The molecule has 0 aliphatic carbocycles. The first-order valence-electron chi connectivity index (χ1n) is 12.3. The summed E-state index contributed by atoms with van der Waals surface area (Å²) in [4.78, 5) is 27.3. The Morgan fingerprint density at radius 3 is 2.39 bits per heavy atom. The fraction of sp³-hybridized carbons (Fsp3) is 0.429. The number of rotatable bonds is 8. The zero-order valence-corrected chi connectivity index (χ0v) is 20.6. The lowest BCUT2D eigenvalue weighted by molar-refractivity contribution is -0.251. The number of H-pyrrole nitrogens is 1. The van der Waals surface area contributed by atoms with Gasteiger partial charge in [-0.25, -0.2) is 4.79 Å². The quantitative estimate of drug-likeness (QED) is 0.519. The predicted octanol–water partition coefficient (Wildman–Crippen LogP) is 3.34. The van der Waals surface area contributed by atoms with Crippen LogP contribution in [0.4, 0.5) is 0 Å². The summed E-state index contributed by atoms with van der Waals surface area (Å²) in [6.07, 6.45) is 1.48. The lowest BCUT2D eigenvalue weighted by atomic mass is 9.73. The maximum absolute atomic E-state index is 12.8. The third-order valence-electron chi connectivity index (χ3n) is 7.44. The molecule has 4 atom stereocenters. The van der Waals surface area contributed by atoms with E-state index in [2.05, 4.69) is 4.98 Å². The number of hydrogen-bond acceptors (Lipinski definition) is 6. The van der Waals surface area contributed by atoms with E-state index < -0.39 is 28.7 Å². The zero-order chi connectivity index (χ0) is 25.2. The Hall–Kier alpha value is -3.04. The summed E-state index contributed by atoms with van der Waals surface area (Å²) in [5, 5.41) is 0. The van der Waals surface area contributed by atoms with Crippen molar-refractivity contribution in [3.05, 3.63) is 104 Å². The van der Waals surface area contributed by atoms with Gasteiger partial charge >= 0.3 is 5.69 Å². The monoisotopic (exact) mass is 492 g/mol. The van der Waals surface area contributed by atoms with Crippen molar-refractivity contribution in [3.8, 4) is 0 Å². The molecule has 2 fully saturated rings. The van der Waals surface area contributed by atoms with Gasteiger partial charge in [0.25, 0.3) is 5.56 Å². The Balaban J connectivity index is 1.50. The van der Waals surface area contributed by atoms with Crippen LogP contribution in [0.2, 0.25) is 0 Å². The van der Waals surface area contributed by atoms with E-state index in [0.717, 1.165) is 11.1 Å². The van der Waals surface area contributed by atoms with Crippen LogP contribution in [-0.4, -0.2) is 40.6 Å². The summed E-state index contributed by atoms with van der Waals surface area (Å²) in [5.41, 5.74) is -0.0973. The number of benzene rings is 2. The third kappa shape index (κ3) is 4.46. The molecule has 2 aliphatic rings. The molecule has 2 aliphatic heterocycles. The standard InChI is InChI=1S/C28H32N2O6/c1-20-15-30(26(32)29-24(20)31)25-21(2)28(35-17-23-11-7-4-8-12-23)13-14-33-18-27(28,36-25)19-34-16-22-9-5-3-6-10-22/h3-12,15,21,25H,13-14,16-19H2,1-2H3,(H,29,31,32)/t21?,25-,27?,28+/m1/s1. The maximum Gasteiger partial charge on any atom is 0.330 e. The van der Waals surface area contributed by atoms with Gasteiger partial charge in [0.1, 0.15) is 17.4 Å². The van der Waals surface area contributed by atoms with Crippen molar-refractivity contribution in [3.63, 3.8) is 0 Å². The molecule has 0 spiro atoms. The largest absolute Gasteiger partial charge is 0.378 e. The molecule has 1 N–H and O–H groups in total. The minimum Gasteiger partial charge on any atom is -0.378 e. The number of fused-ring (bicyclic) bond motifs is 1. The Kier molecular flexibility index (Phi) is 6.94. The molecule has 0 bridgehead atoms. The van der Waals surface area contributed by atoms with E-state index >= 15 is 0 Å². The summed E-state index contributed by atoms with van der Waals surface area (Å²) >= 11 is 0. The van der Waals surface area contributed by atoms with Gasteiger partial charge in [-0.15, -0.1) is 0 Å². The second-order valence-corrected chi connectivity index (χ2v) is 9.71. The van der Waals surface area contributed by atoms with Crippen LogP contribution >= 0.6 is 0 Å². The second-order valence-electron chi connectivity index (χ2n) is 9.71. The van der Waals surface area contributed by atoms with Crippen LogP contribution in [0.3, 0.4) is 0 Å². The molecule has 8 nitrogen and oxygen atoms in total. The highest BCUT2D eigenvalue weighted by atomic mass is 16.6. The first-order valence-corrected chi connectivity index (χ1v) is 12.3. The molecule has 2 unspecified atom stereocenters. The van der Waals surface area contributed by atoms with Crippen molar-refractivity contribution in [1.82, 2.24) is 9.55 Å². The Labute approximate surface area is 209 Å². The molecule has 2 aromatic carbocycles. The molecule has 1 aromatic heterocycles. The highest BCUT2D eigenvalue weighted by molar-refractivity contribution is 5.18. The van der Waals surface area contributed by atoms with Gasteiger partial charge in [0.15, 0.2) is 0 Å². The van der Waals surface area contributed by atoms with Crippen LogP contribution < -0.4 is 11.2 Å². The third-order valence-corrected chi connectivity index (χ3v) is 7.44. The molecule has 3 heterocycles. The topological polar surface area (TPSA) is 91.8 Å². The van der Waals surface area contributed by atoms with Crippen molar-refractivity contribution in [2.45, 2.75) is 50.9 Å². The van der Waals surface area contributed by atoms with Gasteiger partial charge < -0.3 is 18.9 Å². The molecule has 190 valence electrons. The molecule has 8 heteroatoms. The molecular formula is C28H32N2O6. The van der Waals surface area contributed by atoms with E-state index in [-0.39, 0.29) is 19.1 Å². The number of hydrogen-bond donors (Lipinski definition) is 1. The SMILES string of the molecule is Cc1cn([C@@H]2OC3(COCc4ccccc4)COCC[C@]3(OCc3ccccc3)C2C)c(=O)[nH]c1=O. The summed E-state index contributed by atoms with van der Waals surface area (Å²) < 4.78 is 27.1. The van der Waals surface area contributed by atoms with Crippen LogP contribution in [0, 0.1) is 12.8 Å². The Morgan fingerprint density at radius 1 is 1.03 bits per heavy atom. The van der Waals surface area contributed by atoms with Gasteiger partial charge in [0, 0.05) is 30.7 Å². The highest BCUT2D eigenvalue weighted by Gasteiger charge is 2.67. The zero-order valence-electron chi connectivity index (χ0n) is 20.6. The van der Waals surface area contributed by atoms with E-state index in [1.807, 2.05) is 67.6 Å². The molecule has 5 rings (SSSR count). The average molecular weight is 493 g/mol. The minimum absolute atomic E-state index is 0.228. The number of nitrogens with one attached hydrogen (secondary N) is 1. The number of aryl methyl sites for hydroxylation is 1. The lowest BCUT2D eigenvalue weighted by Crippen LogP contribution is -2.63. The Morgan fingerprint density at radius 2 is 1.69 bits per heavy atom. The summed E-state index contributed by atoms with van der Waals surface area (Å²) in [6.45, 7) is 5.52. The van der Waals surface area contributed by atoms with Crippen LogP contribution in [0.1, 0.15) is 36.3 Å². The summed E-state index contributed by atoms with van der Waals surface area (Å²) in [7, 11) is 0. The maximum atomic E-state index is 12.8. The molecule has 0 saturated carbocycles. The fourth-order valence-corrected chi connectivity index (χ4v) is 5.45. The van der Waals surface area contributed by atoms with E-state index in [4.69, 9.17) is 18.9 Å². The lowest BCUT2D eigenvalue weighted by Gasteiger charge is -2.48. The van der Waals surface area contributed by atoms with Crippen molar-refractivity contribution < 1.29 is 18.9 Å². The average Bonchev–Trinajstić information content (AvgIpc) is 3.15. The first-order chi connectivity index (χ1) is 17.4. The van der Waals surface area contributed by atoms with Gasteiger partial charge in [-0.1, -0.05) is 67.6 Å². The summed E-state index contributed by atoms with van der Waals surface area (Å²) in [5.74, 6) is -0.228. The molecule has 2 saturated heterocycles. The van der Waals surface area contributed by atoms with Gasteiger partial charge in [0.2, 0.25) is 0 Å². The smallest absolute Gasteiger partial charge is 0.330 e. The number of nitrogens with zero attached hydrogens (tertiary/aromatic N) is 1. The highest BCUT2D eigenvalue weighted by Crippen LogP contribution is 2.54. The fourth-order valence-electron chi connectivity index (χ4n) is 5.45. The van der Waals surface area contributed by atoms with Crippen LogP contribution in [-0.2, 0) is 32.2 Å². The van der Waals surface area contributed by atoms with E-state index in [0.29, 0.717) is 31.8 Å². The first kappa shape index (κ1) is 24.6. The van der Waals surface area contributed by atoms with Crippen LogP contribution in [0.5, 0.6) is 0 Å². The van der Waals surface area contributed by atoms with Crippen molar-refractivity contribution in [1.29, 1.82) is 0 Å². The van der Waals surface area contributed by atoms with Crippen LogP contribution in [0.25, 0.3) is 0 Å². The molecule has 3 aromatic rings. The minimum atomic E-state index is -0.942. The predicted molar refractivity (Wildman–Crippen MR) is 134 cm³/mol. The van der Waals surface area contributed by atoms with Gasteiger partial charge in [-0.2, -0.15) is 0 Å². The Bertz CT molecular complexity index is 1290. The van der Waals surface area contributed by atoms with Crippen LogP contribution in [0.15, 0.2) is 76.4 Å². The molecule has 36 heavy (non-hydrogen) atoms. The van der Waals surface area contributed by atoms with E-state index in [1.54, 1.807) is 13.1 Å².